The van der Waals surface area contributed by atoms with Gasteiger partial charge in [0.05, 0.1) is 11.5 Å². The minimum absolute atomic E-state index is 0.0653. The number of benzene rings is 1. The summed E-state index contributed by atoms with van der Waals surface area (Å²) < 4.78 is 81.8. The van der Waals surface area contributed by atoms with Gasteiger partial charge in [-0.15, -0.1) is 11.5 Å². The fraction of sp³-hybridized carbons (Fsp3) is 0.389. The molecule has 1 aromatic carbocycles. The maximum Gasteiger partial charge on any atom is 0.418 e. The summed E-state index contributed by atoms with van der Waals surface area (Å²) in [5.41, 5.74) is -7.32. The van der Waals surface area contributed by atoms with Gasteiger partial charge in [0.15, 0.2) is 6.33 Å². The van der Waals surface area contributed by atoms with Gasteiger partial charge in [0.25, 0.3) is 0 Å². The van der Waals surface area contributed by atoms with Crippen LogP contribution in [0.5, 0.6) is 0 Å². The van der Waals surface area contributed by atoms with Crippen molar-refractivity contribution < 1.29 is 31.2 Å². The minimum atomic E-state index is -5.83. The Labute approximate surface area is 161 Å². The van der Waals surface area contributed by atoms with Gasteiger partial charge in [-0.05, 0) is 30.5 Å². The van der Waals surface area contributed by atoms with Gasteiger partial charge in [-0.3, -0.25) is 0 Å². The van der Waals surface area contributed by atoms with E-state index in [2.05, 4.69) is 10.1 Å². The maximum atomic E-state index is 13.6. The molecule has 0 fully saturated rings. The number of nitrogens with zero attached hydrogens (tertiary/aromatic N) is 4. The average molecular weight is 416 g/mol. The summed E-state index contributed by atoms with van der Waals surface area (Å²) >= 11 is 0. The number of rotatable bonds is 5. The molecule has 2 rings (SSSR count). The van der Waals surface area contributed by atoms with Crippen LogP contribution in [0.15, 0.2) is 30.9 Å². The lowest BCUT2D eigenvalue weighted by molar-refractivity contribution is -0.282. The van der Waals surface area contributed by atoms with Crippen molar-refractivity contribution in [2.45, 2.75) is 43.6 Å². The second-order valence-electron chi connectivity index (χ2n) is 6.62. The Morgan fingerprint density at radius 3 is 2.10 bits per heavy atom. The number of nitriles is 1. The van der Waals surface area contributed by atoms with Gasteiger partial charge in [-0.25, -0.2) is 4.98 Å². The summed E-state index contributed by atoms with van der Waals surface area (Å²) in [6, 6.07) is 4.44. The van der Waals surface area contributed by atoms with Gasteiger partial charge in [-0.2, -0.15) is 31.6 Å². The molecule has 1 heterocycles. The number of alkyl halides is 6. The van der Waals surface area contributed by atoms with Crippen LogP contribution in [0.1, 0.15) is 30.5 Å². The molecule has 5 nitrogen and oxygen atoms in total. The van der Waals surface area contributed by atoms with Gasteiger partial charge in [-0.1, -0.05) is 29.0 Å². The summed E-state index contributed by atoms with van der Waals surface area (Å²) in [6.07, 6.45) is -4.61. The topological polar surface area (TPSA) is 63.7 Å². The molecule has 0 bridgehead atoms. The largest absolute Gasteiger partial charge is 0.418 e. The highest BCUT2D eigenvalue weighted by molar-refractivity contribution is 5.46. The molecule has 0 unspecified atom stereocenters. The summed E-state index contributed by atoms with van der Waals surface area (Å²) in [4.78, 5) is 9.63. The zero-order chi connectivity index (χ0) is 22.1. The lowest BCUT2D eigenvalue weighted by atomic mass is 9.75. The van der Waals surface area contributed by atoms with Crippen LogP contribution in [0.2, 0.25) is 0 Å². The highest BCUT2D eigenvalue weighted by Crippen LogP contribution is 2.52. The average Bonchev–Trinajstić information content (AvgIpc) is 3.12. The lowest BCUT2D eigenvalue weighted by Gasteiger charge is -2.34. The van der Waals surface area contributed by atoms with Crippen molar-refractivity contribution in [1.82, 2.24) is 14.9 Å². The normalized spacial score (nSPS) is 12.9. The number of hydrogen-bond acceptors (Lipinski definition) is 4. The van der Waals surface area contributed by atoms with E-state index in [1.807, 2.05) is 6.07 Å². The Bertz CT molecular complexity index is 935. The van der Waals surface area contributed by atoms with E-state index in [0.29, 0.717) is 12.1 Å². The SMILES string of the molecule is C#CC(c1cc(COn2cncn2)cc(C(C)(C)C#N)c1)(C(F)(F)F)C(F)(F)F. The molecule has 0 aliphatic carbocycles. The van der Waals surface area contributed by atoms with Crippen molar-refractivity contribution in [3.05, 3.63) is 47.5 Å². The summed E-state index contributed by atoms with van der Waals surface area (Å²) in [5, 5.41) is 12.9. The Morgan fingerprint density at radius 2 is 1.66 bits per heavy atom. The van der Waals surface area contributed by atoms with Crippen LogP contribution < -0.4 is 4.84 Å². The Kier molecular flexibility index (Phi) is 5.57. The van der Waals surface area contributed by atoms with E-state index >= 15 is 0 Å². The van der Waals surface area contributed by atoms with Crippen LogP contribution >= 0.6 is 0 Å². The van der Waals surface area contributed by atoms with E-state index in [0.717, 1.165) is 23.4 Å². The molecule has 11 heteroatoms. The quantitative estimate of drug-likeness (QED) is 0.551. The fourth-order valence-electron chi connectivity index (χ4n) is 2.56. The van der Waals surface area contributed by atoms with Crippen LogP contribution in [0, 0.1) is 23.7 Å². The van der Waals surface area contributed by atoms with Gasteiger partial charge in [0, 0.05) is 0 Å². The first kappa shape index (κ1) is 22.1. The fourth-order valence-corrected chi connectivity index (χ4v) is 2.56. The standard InChI is InChI=1S/C18H14F6N4O/c1-4-16(17(19,20)21,18(22,23)24)14-6-12(8-29-28-11-26-10-27-28)5-13(7-14)15(2,3)9-25/h1,5-7,10-11H,8H2,2-3H3. The van der Waals surface area contributed by atoms with E-state index in [9.17, 15) is 31.6 Å². The van der Waals surface area contributed by atoms with Crippen LogP contribution in [-0.2, 0) is 17.4 Å². The maximum absolute atomic E-state index is 13.6. The third-order valence-corrected chi connectivity index (χ3v) is 4.25. The van der Waals surface area contributed by atoms with Crippen molar-refractivity contribution in [3.8, 4) is 18.4 Å². The molecular weight excluding hydrogens is 402 g/mol. The summed E-state index contributed by atoms with van der Waals surface area (Å²) in [7, 11) is 0. The third kappa shape index (κ3) is 3.99. The van der Waals surface area contributed by atoms with Crippen molar-refractivity contribution in [1.29, 1.82) is 5.26 Å². The molecule has 0 aliphatic heterocycles. The minimum Gasteiger partial charge on any atom is -0.391 e. The zero-order valence-corrected chi connectivity index (χ0v) is 15.1. The van der Waals surface area contributed by atoms with Crippen LogP contribution in [0.4, 0.5) is 26.3 Å². The Hall–Kier alpha value is -3.21. The van der Waals surface area contributed by atoms with E-state index < -0.39 is 35.4 Å². The molecule has 0 amide bonds. The van der Waals surface area contributed by atoms with Gasteiger partial charge in [0.1, 0.15) is 12.9 Å². The van der Waals surface area contributed by atoms with E-state index in [4.69, 9.17) is 11.3 Å². The molecule has 0 atom stereocenters. The zero-order valence-electron chi connectivity index (χ0n) is 15.1. The molecule has 0 radical (unpaired) electrons. The summed E-state index contributed by atoms with van der Waals surface area (Å²) in [5.74, 6) is 0.904. The monoisotopic (exact) mass is 416 g/mol. The van der Waals surface area contributed by atoms with Gasteiger partial charge >= 0.3 is 12.4 Å². The smallest absolute Gasteiger partial charge is 0.391 e. The van der Waals surface area contributed by atoms with Crippen LogP contribution in [0.25, 0.3) is 0 Å². The molecular formula is C18H14F6N4O. The highest BCUT2D eigenvalue weighted by Gasteiger charge is 2.71. The van der Waals surface area contributed by atoms with E-state index in [-0.39, 0.29) is 11.1 Å². The molecule has 0 saturated heterocycles. The second-order valence-corrected chi connectivity index (χ2v) is 6.62. The number of halogens is 6. The van der Waals surface area contributed by atoms with Gasteiger partial charge < -0.3 is 4.84 Å². The van der Waals surface area contributed by atoms with Gasteiger partial charge in [0.2, 0.25) is 5.41 Å². The predicted octanol–water partition coefficient (Wildman–Crippen LogP) is 3.70. The Balaban J connectivity index is 2.71. The van der Waals surface area contributed by atoms with E-state index in [1.54, 1.807) is 0 Å². The third-order valence-electron chi connectivity index (χ3n) is 4.25. The highest BCUT2D eigenvalue weighted by atomic mass is 19.4. The number of hydrogen-bond donors (Lipinski definition) is 0. The lowest BCUT2D eigenvalue weighted by Crippen LogP contribution is -2.53. The summed E-state index contributed by atoms with van der Waals surface area (Å²) in [6.45, 7) is 2.27. The first-order valence-electron chi connectivity index (χ1n) is 7.94. The molecule has 0 saturated carbocycles. The van der Waals surface area contributed by atoms with Crippen molar-refractivity contribution in [3.63, 3.8) is 0 Å². The molecule has 0 spiro atoms. The van der Waals surface area contributed by atoms with Crippen molar-refractivity contribution in [2.24, 2.45) is 0 Å². The molecule has 1 aromatic heterocycles. The van der Waals surface area contributed by atoms with Crippen LogP contribution in [0.3, 0.4) is 0 Å². The van der Waals surface area contributed by atoms with E-state index in [1.165, 1.54) is 19.9 Å². The Morgan fingerprint density at radius 1 is 1.07 bits per heavy atom. The predicted molar refractivity (Wildman–Crippen MR) is 88.0 cm³/mol. The molecule has 29 heavy (non-hydrogen) atoms. The molecule has 0 N–H and O–H groups in total. The molecule has 0 aliphatic rings. The number of aromatic nitrogens is 3. The molecule has 2 aromatic rings. The second kappa shape index (κ2) is 7.32. The molecule has 154 valence electrons. The first-order valence-corrected chi connectivity index (χ1v) is 7.94. The van der Waals surface area contributed by atoms with Crippen LogP contribution in [-0.4, -0.2) is 27.3 Å². The van der Waals surface area contributed by atoms with Crippen molar-refractivity contribution in [2.75, 3.05) is 0 Å². The van der Waals surface area contributed by atoms with Crippen molar-refractivity contribution >= 4 is 0 Å². The number of terminal acetylenes is 1. The first-order chi connectivity index (χ1) is 13.3.